The number of alkyl halides is 3. The molecule has 0 radical (unpaired) electrons. The number of aliphatic carboxylic acids is 1. The summed E-state index contributed by atoms with van der Waals surface area (Å²) in [5.41, 5.74) is 0. The van der Waals surface area contributed by atoms with Gasteiger partial charge in [0, 0.05) is 0 Å². The number of benzene rings is 1. The number of rotatable bonds is 8. The molecule has 6 nitrogen and oxygen atoms in total. The molecule has 136 valence electrons. The Balaban J connectivity index is 2.92. The molecule has 1 rings (SSSR count). The molecule has 0 saturated heterocycles. The second kappa shape index (κ2) is 7.84. The third-order valence-electron chi connectivity index (χ3n) is 3.30. The van der Waals surface area contributed by atoms with Gasteiger partial charge in [0.15, 0.2) is 0 Å². The average Bonchev–Trinajstić information content (AvgIpc) is 2.44. The number of carboxylic acid groups (broad SMARTS) is 1. The Morgan fingerprint density at radius 1 is 1.29 bits per heavy atom. The van der Waals surface area contributed by atoms with Gasteiger partial charge in [-0.1, -0.05) is 20.3 Å². The van der Waals surface area contributed by atoms with Crippen LogP contribution in [0.25, 0.3) is 0 Å². The highest BCUT2D eigenvalue weighted by Crippen LogP contribution is 2.24. The monoisotopic (exact) mass is 369 g/mol. The van der Waals surface area contributed by atoms with Crippen LogP contribution in [0.4, 0.5) is 13.2 Å². The van der Waals surface area contributed by atoms with Crippen molar-refractivity contribution in [1.29, 1.82) is 0 Å². The molecule has 1 aromatic rings. The van der Waals surface area contributed by atoms with Gasteiger partial charge in [0.25, 0.3) is 0 Å². The molecular weight excluding hydrogens is 351 g/mol. The molecule has 10 heteroatoms. The third kappa shape index (κ3) is 6.36. The summed E-state index contributed by atoms with van der Waals surface area (Å²) in [5.74, 6) is -1.91. The third-order valence-corrected chi connectivity index (χ3v) is 4.79. The van der Waals surface area contributed by atoms with Gasteiger partial charge in [-0.3, -0.25) is 4.79 Å². The van der Waals surface area contributed by atoms with Crippen LogP contribution >= 0.6 is 0 Å². The first kappa shape index (κ1) is 20.2. The summed E-state index contributed by atoms with van der Waals surface area (Å²) < 4.78 is 66.3. The van der Waals surface area contributed by atoms with Gasteiger partial charge in [0.05, 0.1) is 4.90 Å². The zero-order valence-electron chi connectivity index (χ0n) is 13.0. The summed E-state index contributed by atoms with van der Waals surface area (Å²) in [6.45, 7) is 3.63. The number of carboxylic acids is 1. The van der Waals surface area contributed by atoms with Gasteiger partial charge < -0.3 is 9.84 Å². The first-order valence-electron chi connectivity index (χ1n) is 7.05. The highest BCUT2D eigenvalue weighted by Gasteiger charge is 2.31. The fourth-order valence-corrected chi connectivity index (χ4v) is 3.05. The summed E-state index contributed by atoms with van der Waals surface area (Å²) in [6.07, 6.45) is -4.11. The van der Waals surface area contributed by atoms with Crippen LogP contribution in [0, 0.1) is 5.92 Å². The molecule has 0 aliphatic heterocycles. The van der Waals surface area contributed by atoms with Crippen molar-refractivity contribution in [3.63, 3.8) is 0 Å². The van der Waals surface area contributed by atoms with Gasteiger partial charge in [-0.15, -0.1) is 13.2 Å². The summed E-state index contributed by atoms with van der Waals surface area (Å²) in [6, 6.07) is 2.17. The van der Waals surface area contributed by atoms with Crippen LogP contribution in [0.1, 0.15) is 26.7 Å². The average molecular weight is 369 g/mol. The Kier molecular flexibility index (Phi) is 6.61. The molecule has 2 atom stereocenters. The molecule has 2 unspecified atom stereocenters. The Morgan fingerprint density at radius 3 is 2.25 bits per heavy atom. The van der Waals surface area contributed by atoms with E-state index in [9.17, 15) is 26.4 Å². The first-order chi connectivity index (χ1) is 10.9. The lowest BCUT2D eigenvalue weighted by Gasteiger charge is -2.18. The van der Waals surface area contributed by atoms with Crippen LogP contribution in [-0.2, 0) is 14.8 Å². The highest BCUT2D eigenvalue weighted by atomic mass is 32.2. The molecule has 0 aliphatic rings. The van der Waals surface area contributed by atoms with Crippen LogP contribution in [0.2, 0.25) is 0 Å². The SMILES string of the molecule is CCC(C)CC(NS(=O)(=O)c1ccc(OC(F)(F)F)cc1)C(=O)O. The van der Waals surface area contributed by atoms with E-state index in [0.717, 1.165) is 24.3 Å². The van der Waals surface area contributed by atoms with Crippen molar-refractivity contribution in [3.05, 3.63) is 24.3 Å². The van der Waals surface area contributed by atoms with E-state index in [1.807, 2.05) is 6.92 Å². The fourth-order valence-electron chi connectivity index (χ4n) is 1.84. The van der Waals surface area contributed by atoms with Crippen molar-refractivity contribution in [2.24, 2.45) is 5.92 Å². The first-order valence-corrected chi connectivity index (χ1v) is 8.54. The van der Waals surface area contributed by atoms with Gasteiger partial charge in [-0.2, -0.15) is 4.72 Å². The minimum absolute atomic E-state index is 0.0173. The van der Waals surface area contributed by atoms with Crippen molar-refractivity contribution < 1.29 is 36.2 Å². The van der Waals surface area contributed by atoms with E-state index >= 15 is 0 Å². The van der Waals surface area contributed by atoms with Gasteiger partial charge >= 0.3 is 12.3 Å². The lowest BCUT2D eigenvalue weighted by atomic mass is 10.0. The second-order valence-corrected chi connectivity index (χ2v) is 6.99. The standard InChI is InChI=1S/C14H18F3NO5S/c1-3-9(2)8-12(13(19)20)18-24(21,22)11-6-4-10(5-7-11)23-14(15,16)17/h4-7,9,12,18H,3,8H2,1-2H3,(H,19,20). The van der Waals surface area contributed by atoms with E-state index in [1.165, 1.54) is 0 Å². The summed E-state index contributed by atoms with van der Waals surface area (Å²) in [7, 11) is -4.19. The lowest BCUT2D eigenvalue weighted by Crippen LogP contribution is -2.41. The van der Waals surface area contributed by atoms with E-state index in [1.54, 1.807) is 6.92 Å². The minimum Gasteiger partial charge on any atom is -0.480 e. The Labute approximate surface area is 137 Å². The molecule has 0 saturated carbocycles. The van der Waals surface area contributed by atoms with Crippen molar-refractivity contribution in [3.8, 4) is 5.75 Å². The van der Waals surface area contributed by atoms with Gasteiger partial charge in [-0.05, 0) is 36.6 Å². The maximum Gasteiger partial charge on any atom is 0.573 e. The number of sulfonamides is 1. The predicted molar refractivity (Wildman–Crippen MR) is 78.9 cm³/mol. The van der Waals surface area contributed by atoms with Crippen molar-refractivity contribution in [2.75, 3.05) is 0 Å². The van der Waals surface area contributed by atoms with E-state index in [-0.39, 0.29) is 17.2 Å². The zero-order chi connectivity index (χ0) is 18.5. The summed E-state index contributed by atoms with van der Waals surface area (Å²) in [4.78, 5) is 10.8. The van der Waals surface area contributed by atoms with E-state index < -0.39 is 34.1 Å². The molecule has 0 aliphatic carbocycles. The Morgan fingerprint density at radius 2 is 1.83 bits per heavy atom. The van der Waals surface area contributed by atoms with E-state index in [2.05, 4.69) is 9.46 Å². The second-order valence-electron chi connectivity index (χ2n) is 5.28. The largest absolute Gasteiger partial charge is 0.573 e. The maximum absolute atomic E-state index is 12.2. The van der Waals surface area contributed by atoms with Crippen molar-refractivity contribution >= 4 is 16.0 Å². The quantitative estimate of drug-likeness (QED) is 0.735. The molecule has 0 fully saturated rings. The molecule has 2 N–H and O–H groups in total. The van der Waals surface area contributed by atoms with Crippen LogP contribution in [0.5, 0.6) is 5.75 Å². The molecule has 0 heterocycles. The maximum atomic E-state index is 12.2. The topological polar surface area (TPSA) is 92.7 Å². The molecule has 1 aromatic carbocycles. The highest BCUT2D eigenvalue weighted by molar-refractivity contribution is 7.89. The molecule has 0 amide bonds. The summed E-state index contributed by atoms with van der Waals surface area (Å²) >= 11 is 0. The van der Waals surface area contributed by atoms with Gasteiger partial charge in [0.2, 0.25) is 10.0 Å². The minimum atomic E-state index is -4.89. The fraction of sp³-hybridized carbons (Fsp3) is 0.500. The normalized spacial score (nSPS) is 14.9. The number of hydrogen-bond acceptors (Lipinski definition) is 4. The van der Waals surface area contributed by atoms with Gasteiger partial charge in [0.1, 0.15) is 11.8 Å². The summed E-state index contributed by atoms with van der Waals surface area (Å²) in [5, 5.41) is 9.13. The Hall–Kier alpha value is -1.81. The molecule has 0 spiro atoms. The molecule has 0 aromatic heterocycles. The van der Waals surface area contributed by atoms with Crippen LogP contribution in [0.3, 0.4) is 0 Å². The molecule has 0 bridgehead atoms. The molecule has 24 heavy (non-hydrogen) atoms. The number of halogens is 3. The van der Waals surface area contributed by atoms with Crippen LogP contribution in [-0.4, -0.2) is 31.9 Å². The number of ether oxygens (including phenoxy) is 1. The smallest absolute Gasteiger partial charge is 0.480 e. The van der Waals surface area contributed by atoms with Crippen molar-refractivity contribution in [1.82, 2.24) is 4.72 Å². The Bertz CT molecular complexity index is 658. The number of nitrogens with one attached hydrogen (secondary N) is 1. The van der Waals surface area contributed by atoms with E-state index in [0.29, 0.717) is 6.42 Å². The van der Waals surface area contributed by atoms with Crippen LogP contribution in [0.15, 0.2) is 29.2 Å². The van der Waals surface area contributed by atoms with E-state index in [4.69, 9.17) is 5.11 Å². The zero-order valence-corrected chi connectivity index (χ0v) is 13.8. The van der Waals surface area contributed by atoms with Crippen LogP contribution < -0.4 is 9.46 Å². The number of hydrogen-bond donors (Lipinski definition) is 2. The van der Waals surface area contributed by atoms with Gasteiger partial charge in [-0.25, -0.2) is 8.42 Å². The molecular formula is C14H18F3NO5S. The van der Waals surface area contributed by atoms with Crippen molar-refractivity contribution in [2.45, 2.75) is 44.0 Å². The lowest BCUT2D eigenvalue weighted by molar-refractivity contribution is -0.274. The number of carbonyl (C=O) groups is 1. The predicted octanol–water partition coefficient (Wildman–Crippen LogP) is 2.75.